The summed E-state index contributed by atoms with van der Waals surface area (Å²) in [6, 6.07) is 6.23. The van der Waals surface area contributed by atoms with E-state index in [0.717, 1.165) is 32.4 Å². The van der Waals surface area contributed by atoms with E-state index in [2.05, 4.69) is 24.9 Å². The summed E-state index contributed by atoms with van der Waals surface area (Å²) in [5.74, 6) is -0.555. The zero-order valence-corrected chi connectivity index (χ0v) is 19.3. The van der Waals surface area contributed by atoms with Crippen molar-refractivity contribution in [3.63, 3.8) is 0 Å². The van der Waals surface area contributed by atoms with Crippen LogP contribution in [-0.4, -0.2) is 69.3 Å². The van der Waals surface area contributed by atoms with Crippen molar-refractivity contribution < 1.29 is 18.8 Å². The van der Waals surface area contributed by atoms with Crippen molar-refractivity contribution in [3.05, 3.63) is 34.8 Å². The number of aromatic amines is 1. The predicted molar refractivity (Wildman–Crippen MR) is 122 cm³/mol. The van der Waals surface area contributed by atoms with Crippen LogP contribution >= 0.6 is 0 Å². The van der Waals surface area contributed by atoms with Crippen LogP contribution in [0.3, 0.4) is 0 Å². The number of hydrogen-bond donors (Lipinski definition) is 2. The van der Waals surface area contributed by atoms with Crippen molar-refractivity contribution in [1.82, 2.24) is 19.9 Å². The van der Waals surface area contributed by atoms with Gasteiger partial charge in [0, 0.05) is 23.8 Å². The first-order valence-electron chi connectivity index (χ1n) is 11.4. The lowest BCUT2D eigenvalue weighted by Crippen LogP contribution is -2.54. The van der Waals surface area contributed by atoms with E-state index in [1.807, 2.05) is 20.8 Å². The van der Waals surface area contributed by atoms with Gasteiger partial charge in [-0.15, -0.1) is 0 Å². The lowest BCUT2D eigenvalue weighted by molar-refractivity contribution is -0.122. The fourth-order valence-electron chi connectivity index (χ4n) is 4.53. The number of rotatable bonds is 4. The van der Waals surface area contributed by atoms with Gasteiger partial charge in [-0.3, -0.25) is 24.1 Å². The van der Waals surface area contributed by atoms with Gasteiger partial charge in [-0.05, 0) is 77.4 Å². The van der Waals surface area contributed by atoms with E-state index in [0.29, 0.717) is 23.6 Å². The summed E-state index contributed by atoms with van der Waals surface area (Å²) in [4.78, 5) is 43.9. The molecule has 0 saturated carbocycles. The van der Waals surface area contributed by atoms with E-state index in [1.165, 1.54) is 6.42 Å². The highest BCUT2D eigenvalue weighted by Crippen LogP contribution is 2.29. The molecule has 1 aromatic heterocycles. The van der Waals surface area contributed by atoms with Gasteiger partial charge in [-0.25, -0.2) is 9.59 Å². The van der Waals surface area contributed by atoms with Gasteiger partial charge < -0.3 is 10.1 Å². The highest BCUT2D eigenvalue weighted by molar-refractivity contribution is 5.97. The molecule has 2 unspecified atom stereocenters. The normalized spacial score (nSPS) is 21.7. The zero-order valence-electron chi connectivity index (χ0n) is 19.3. The number of nitrogens with one attached hydrogen (secondary N) is 2. The summed E-state index contributed by atoms with van der Waals surface area (Å²) < 4.78 is 10.1. The largest absolute Gasteiger partial charge is 0.444 e. The Labute approximate surface area is 192 Å². The molecule has 0 radical (unpaired) electrons. The highest BCUT2D eigenvalue weighted by atomic mass is 16.6. The van der Waals surface area contributed by atoms with Crippen LogP contribution in [0.15, 0.2) is 33.6 Å². The van der Waals surface area contributed by atoms with Gasteiger partial charge in [0.2, 0.25) is 5.91 Å². The van der Waals surface area contributed by atoms with E-state index < -0.39 is 23.5 Å². The van der Waals surface area contributed by atoms with Crippen molar-refractivity contribution in [3.8, 4) is 11.4 Å². The molecule has 1 aromatic carbocycles. The first kappa shape index (κ1) is 23.0. The number of likely N-dealkylation sites (tertiary alicyclic amines) is 2. The maximum Gasteiger partial charge on any atom is 0.439 e. The number of carbonyl (C=O) groups excluding carboxylic acids is 2. The second kappa shape index (κ2) is 9.38. The minimum atomic E-state index is -0.640. The molecule has 10 heteroatoms. The van der Waals surface area contributed by atoms with Gasteiger partial charge in [0.25, 0.3) is 0 Å². The number of H-pyrrole nitrogens is 1. The number of amides is 2. The standard InChI is InChI=1S/C23H31N5O5/c1-23(2,3)32-22(31)28-14-11-17(27-12-5-4-6-13-27)18(28)20(29)24-16-9-7-15(8-10-16)19-25-21(30)33-26-19/h7-10,17-18H,4-6,11-14H2,1-3H3,(H,24,29)(H,25,26,30). The maximum atomic E-state index is 13.4. The molecular weight excluding hydrogens is 426 g/mol. The van der Waals surface area contributed by atoms with E-state index >= 15 is 0 Å². The highest BCUT2D eigenvalue weighted by Gasteiger charge is 2.46. The molecule has 2 aliphatic heterocycles. The molecule has 3 heterocycles. The number of anilines is 1. The van der Waals surface area contributed by atoms with Gasteiger partial charge >= 0.3 is 11.8 Å². The summed E-state index contributed by atoms with van der Waals surface area (Å²) in [6.07, 6.45) is 3.66. The second-order valence-corrected chi connectivity index (χ2v) is 9.58. The topological polar surface area (TPSA) is 121 Å². The Morgan fingerprint density at radius 3 is 2.42 bits per heavy atom. The van der Waals surface area contributed by atoms with E-state index in [1.54, 1.807) is 29.2 Å². The molecule has 2 atom stereocenters. The second-order valence-electron chi connectivity index (χ2n) is 9.58. The van der Waals surface area contributed by atoms with Crippen molar-refractivity contribution in [2.24, 2.45) is 0 Å². The fraction of sp³-hybridized carbons (Fsp3) is 0.565. The number of piperidine rings is 1. The van der Waals surface area contributed by atoms with Crippen LogP contribution in [0, 0.1) is 0 Å². The molecule has 2 saturated heterocycles. The molecule has 0 spiro atoms. The number of aromatic nitrogens is 2. The quantitative estimate of drug-likeness (QED) is 0.724. The Kier molecular flexibility index (Phi) is 6.55. The van der Waals surface area contributed by atoms with Crippen LogP contribution < -0.4 is 11.1 Å². The SMILES string of the molecule is CC(C)(C)OC(=O)N1CCC(N2CCCCC2)C1C(=O)Nc1ccc(-c2noc(=O)[nH]2)cc1. The summed E-state index contributed by atoms with van der Waals surface area (Å²) in [5.41, 5.74) is 0.600. The molecule has 0 bridgehead atoms. The van der Waals surface area contributed by atoms with Crippen LogP contribution in [-0.2, 0) is 9.53 Å². The van der Waals surface area contributed by atoms with Crippen LogP contribution in [0.2, 0.25) is 0 Å². The monoisotopic (exact) mass is 457 g/mol. The first-order valence-corrected chi connectivity index (χ1v) is 11.4. The number of nitrogens with zero attached hydrogens (tertiary/aromatic N) is 3. The Balaban J connectivity index is 1.52. The summed E-state index contributed by atoms with van der Waals surface area (Å²) in [6.45, 7) is 7.81. The third-order valence-corrected chi connectivity index (χ3v) is 5.99. The average molecular weight is 458 g/mol. The zero-order chi connectivity index (χ0) is 23.6. The maximum absolute atomic E-state index is 13.4. The summed E-state index contributed by atoms with van der Waals surface area (Å²) >= 11 is 0. The lowest BCUT2D eigenvalue weighted by Gasteiger charge is -2.36. The summed E-state index contributed by atoms with van der Waals surface area (Å²) in [5, 5.41) is 6.62. The van der Waals surface area contributed by atoms with Gasteiger partial charge in [0.15, 0.2) is 5.82 Å². The minimum Gasteiger partial charge on any atom is -0.444 e. The van der Waals surface area contributed by atoms with Crippen LogP contribution in [0.1, 0.15) is 46.5 Å². The number of ether oxygens (including phenoxy) is 1. The van der Waals surface area contributed by atoms with Gasteiger partial charge in [0.05, 0.1) is 0 Å². The molecule has 2 fully saturated rings. The van der Waals surface area contributed by atoms with E-state index in [4.69, 9.17) is 4.74 Å². The van der Waals surface area contributed by atoms with Crippen molar-refractivity contribution >= 4 is 17.7 Å². The van der Waals surface area contributed by atoms with Crippen LogP contribution in [0.5, 0.6) is 0 Å². The number of benzene rings is 1. The number of carbonyl (C=O) groups is 2. The minimum absolute atomic E-state index is 0.0442. The molecule has 33 heavy (non-hydrogen) atoms. The van der Waals surface area contributed by atoms with E-state index in [-0.39, 0.29) is 11.9 Å². The first-order chi connectivity index (χ1) is 15.7. The molecule has 2 aromatic rings. The van der Waals surface area contributed by atoms with Gasteiger partial charge in [-0.2, -0.15) is 0 Å². The third kappa shape index (κ3) is 5.44. The van der Waals surface area contributed by atoms with Crippen LogP contribution in [0.25, 0.3) is 11.4 Å². The van der Waals surface area contributed by atoms with Crippen LogP contribution in [0.4, 0.5) is 10.5 Å². The smallest absolute Gasteiger partial charge is 0.439 e. The fourth-order valence-corrected chi connectivity index (χ4v) is 4.53. The lowest BCUT2D eigenvalue weighted by atomic mass is 10.0. The van der Waals surface area contributed by atoms with Crippen molar-refractivity contribution in [2.45, 2.75) is 64.1 Å². The average Bonchev–Trinajstić information content (AvgIpc) is 3.40. The number of hydrogen-bond acceptors (Lipinski definition) is 7. The molecule has 4 rings (SSSR count). The molecular formula is C23H31N5O5. The molecule has 2 N–H and O–H groups in total. The Morgan fingerprint density at radius 2 is 1.82 bits per heavy atom. The molecule has 10 nitrogen and oxygen atoms in total. The molecule has 2 amide bonds. The Bertz CT molecular complexity index is 1030. The van der Waals surface area contributed by atoms with Crippen molar-refractivity contribution in [1.29, 1.82) is 0 Å². The predicted octanol–water partition coefficient (Wildman–Crippen LogP) is 2.83. The summed E-state index contributed by atoms with van der Waals surface area (Å²) in [7, 11) is 0. The third-order valence-electron chi connectivity index (χ3n) is 5.99. The van der Waals surface area contributed by atoms with E-state index in [9.17, 15) is 14.4 Å². The van der Waals surface area contributed by atoms with Gasteiger partial charge in [0.1, 0.15) is 11.6 Å². The Hall–Kier alpha value is -3.14. The Morgan fingerprint density at radius 1 is 1.12 bits per heavy atom. The molecule has 0 aliphatic carbocycles. The van der Waals surface area contributed by atoms with Gasteiger partial charge in [-0.1, -0.05) is 11.6 Å². The van der Waals surface area contributed by atoms with Crippen molar-refractivity contribution in [2.75, 3.05) is 25.0 Å². The molecule has 2 aliphatic rings. The molecule has 178 valence electrons.